The molecule has 1 heterocycles. The lowest BCUT2D eigenvalue weighted by atomic mass is 9.93. The van der Waals surface area contributed by atoms with Crippen molar-refractivity contribution in [2.24, 2.45) is 11.8 Å². The highest BCUT2D eigenvalue weighted by molar-refractivity contribution is 5.96. The second kappa shape index (κ2) is 7.86. The summed E-state index contributed by atoms with van der Waals surface area (Å²) in [6.45, 7) is 5.76. The van der Waals surface area contributed by atoms with E-state index in [1.165, 1.54) is 18.0 Å². The van der Waals surface area contributed by atoms with Crippen LogP contribution in [-0.2, 0) is 4.79 Å². The SMILES string of the molecule is CCC(=O)Nc1cc(C(=O)NC(C)C(C=N)C2C=C2CC)ccn1. The van der Waals surface area contributed by atoms with Gasteiger partial charge in [-0.2, -0.15) is 0 Å². The Kier molecular flexibility index (Phi) is 5.84. The number of anilines is 1. The maximum atomic E-state index is 12.4. The lowest BCUT2D eigenvalue weighted by Crippen LogP contribution is -2.40. The molecule has 3 unspecified atom stereocenters. The van der Waals surface area contributed by atoms with E-state index in [9.17, 15) is 9.59 Å². The summed E-state index contributed by atoms with van der Waals surface area (Å²) >= 11 is 0. The fourth-order valence-corrected chi connectivity index (χ4v) is 2.71. The fourth-order valence-electron chi connectivity index (χ4n) is 2.71. The molecule has 0 radical (unpaired) electrons. The number of amides is 2. The molecule has 1 aromatic heterocycles. The van der Waals surface area contributed by atoms with Gasteiger partial charge in [0.15, 0.2) is 0 Å². The Hall–Kier alpha value is -2.50. The lowest BCUT2D eigenvalue weighted by Gasteiger charge is -2.22. The summed E-state index contributed by atoms with van der Waals surface area (Å²) < 4.78 is 0. The van der Waals surface area contributed by atoms with Crippen molar-refractivity contribution < 1.29 is 9.59 Å². The number of nitrogens with one attached hydrogen (secondary N) is 3. The van der Waals surface area contributed by atoms with Crippen LogP contribution in [-0.4, -0.2) is 29.1 Å². The quantitative estimate of drug-likeness (QED) is 0.506. The number of carbonyl (C=O) groups excluding carboxylic acids is 2. The Morgan fingerprint density at radius 1 is 1.42 bits per heavy atom. The van der Waals surface area contributed by atoms with Gasteiger partial charge in [-0.3, -0.25) is 9.59 Å². The van der Waals surface area contributed by atoms with Crippen LogP contribution in [0.4, 0.5) is 5.82 Å². The maximum absolute atomic E-state index is 12.4. The van der Waals surface area contributed by atoms with E-state index in [1.807, 2.05) is 6.92 Å². The van der Waals surface area contributed by atoms with Crippen LogP contribution in [0.1, 0.15) is 44.0 Å². The largest absolute Gasteiger partial charge is 0.349 e. The summed E-state index contributed by atoms with van der Waals surface area (Å²) in [5.74, 6) is 0.249. The normalized spacial score (nSPS) is 18.1. The standard InChI is InChI=1S/C18H24N4O2/c1-4-12-8-14(12)15(10-19)11(3)21-18(24)13-6-7-20-16(9-13)22-17(23)5-2/h6-11,14-15,19H,4-5H2,1-3H3,(H,21,24)(H,20,22,23). The van der Waals surface area contributed by atoms with Gasteiger partial charge in [0.05, 0.1) is 0 Å². The van der Waals surface area contributed by atoms with Crippen molar-refractivity contribution in [3.8, 4) is 0 Å². The summed E-state index contributed by atoms with van der Waals surface area (Å²) in [6.07, 6.45) is 6.40. The lowest BCUT2D eigenvalue weighted by molar-refractivity contribution is -0.115. The van der Waals surface area contributed by atoms with Crippen LogP contribution >= 0.6 is 0 Å². The molecular weight excluding hydrogens is 304 g/mol. The molecule has 6 heteroatoms. The molecule has 6 nitrogen and oxygen atoms in total. The molecule has 0 spiro atoms. The number of pyridine rings is 1. The Balaban J connectivity index is 2.00. The van der Waals surface area contributed by atoms with E-state index in [0.717, 1.165) is 6.42 Å². The highest BCUT2D eigenvalue weighted by Crippen LogP contribution is 2.38. The average Bonchev–Trinajstić information content (AvgIpc) is 3.35. The molecule has 24 heavy (non-hydrogen) atoms. The Morgan fingerprint density at radius 3 is 2.75 bits per heavy atom. The number of aromatic nitrogens is 1. The Bertz CT molecular complexity index is 669. The first-order valence-electron chi connectivity index (χ1n) is 8.28. The van der Waals surface area contributed by atoms with Crippen molar-refractivity contribution in [1.82, 2.24) is 10.3 Å². The Labute approximate surface area is 142 Å². The molecule has 0 saturated heterocycles. The number of allylic oxidation sites excluding steroid dienone is 2. The van der Waals surface area contributed by atoms with Crippen molar-refractivity contribution in [3.05, 3.63) is 35.5 Å². The van der Waals surface area contributed by atoms with Crippen LogP contribution in [0.25, 0.3) is 0 Å². The minimum Gasteiger partial charge on any atom is -0.349 e. The molecule has 2 rings (SSSR count). The van der Waals surface area contributed by atoms with Gasteiger partial charge in [0, 0.05) is 42.3 Å². The average molecular weight is 328 g/mol. The number of rotatable bonds is 8. The second-order valence-electron chi connectivity index (χ2n) is 5.96. The highest BCUT2D eigenvalue weighted by Gasteiger charge is 2.34. The molecule has 0 saturated carbocycles. The van der Waals surface area contributed by atoms with Crippen molar-refractivity contribution >= 4 is 23.8 Å². The van der Waals surface area contributed by atoms with Crippen LogP contribution in [0.3, 0.4) is 0 Å². The third-order valence-electron chi connectivity index (χ3n) is 4.27. The second-order valence-corrected chi connectivity index (χ2v) is 5.96. The molecule has 1 aliphatic carbocycles. The first-order chi connectivity index (χ1) is 11.5. The molecule has 128 valence electrons. The zero-order valence-electron chi connectivity index (χ0n) is 14.3. The van der Waals surface area contributed by atoms with Crippen LogP contribution in [0.5, 0.6) is 0 Å². The number of nitrogens with zero attached hydrogens (tertiary/aromatic N) is 1. The molecule has 1 aliphatic rings. The third-order valence-corrected chi connectivity index (χ3v) is 4.27. The zero-order valence-corrected chi connectivity index (χ0v) is 14.3. The zero-order chi connectivity index (χ0) is 17.7. The van der Waals surface area contributed by atoms with Crippen molar-refractivity contribution in [2.45, 2.75) is 39.7 Å². The maximum Gasteiger partial charge on any atom is 0.251 e. The molecule has 0 bridgehead atoms. The predicted molar refractivity (Wildman–Crippen MR) is 94.2 cm³/mol. The van der Waals surface area contributed by atoms with Crippen molar-refractivity contribution in [3.63, 3.8) is 0 Å². The number of carbonyl (C=O) groups is 2. The monoisotopic (exact) mass is 328 g/mol. The van der Waals surface area contributed by atoms with E-state index < -0.39 is 0 Å². The molecule has 3 atom stereocenters. The third kappa shape index (κ3) is 4.28. The molecule has 2 amide bonds. The van der Waals surface area contributed by atoms with E-state index in [2.05, 4.69) is 28.6 Å². The van der Waals surface area contributed by atoms with Crippen molar-refractivity contribution in [2.75, 3.05) is 5.32 Å². The number of hydrogen-bond acceptors (Lipinski definition) is 4. The van der Waals surface area contributed by atoms with Gasteiger partial charge in [-0.25, -0.2) is 4.98 Å². The highest BCUT2D eigenvalue weighted by atomic mass is 16.2. The van der Waals surface area contributed by atoms with Crippen LogP contribution in [0.2, 0.25) is 0 Å². The Morgan fingerprint density at radius 2 is 2.17 bits per heavy atom. The summed E-state index contributed by atoms with van der Waals surface area (Å²) in [4.78, 5) is 27.9. The van der Waals surface area contributed by atoms with E-state index in [4.69, 9.17) is 5.41 Å². The van der Waals surface area contributed by atoms with E-state index in [1.54, 1.807) is 19.1 Å². The fraction of sp³-hybridized carbons (Fsp3) is 0.444. The first-order valence-corrected chi connectivity index (χ1v) is 8.28. The van der Waals surface area contributed by atoms with E-state index in [-0.39, 0.29) is 23.8 Å². The van der Waals surface area contributed by atoms with Gasteiger partial charge in [-0.15, -0.1) is 0 Å². The van der Waals surface area contributed by atoms with Crippen LogP contribution in [0.15, 0.2) is 30.0 Å². The molecular formula is C18H24N4O2. The molecule has 3 N–H and O–H groups in total. The van der Waals surface area contributed by atoms with E-state index >= 15 is 0 Å². The van der Waals surface area contributed by atoms with Crippen LogP contribution in [0, 0.1) is 17.2 Å². The summed E-state index contributed by atoms with van der Waals surface area (Å²) in [5.41, 5.74) is 1.78. The summed E-state index contributed by atoms with van der Waals surface area (Å²) in [5, 5.41) is 13.2. The van der Waals surface area contributed by atoms with Gasteiger partial charge in [-0.05, 0) is 25.5 Å². The van der Waals surface area contributed by atoms with Gasteiger partial charge < -0.3 is 16.0 Å². The van der Waals surface area contributed by atoms with E-state index in [0.29, 0.717) is 23.7 Å². The van der Waals surface area contributed by atoms with Crippen LogP contribution < -0.4 is 10.6 Å². The van der Waals surface area contributed by atoms with Crippen molar-refractivity contribution in [1.29, 1.82) is 5.41 Å². The van der Waals surface area contributed by atoms with Gasteiger partial charge in [0.2, 0.25) is 5.91 Å². The van der Waals surface area contributed by atoms with Gasteiger partial charge in [-0.1, -0.05) is 25.5 Å². The van der Waals surface area contributed by atoms with Gasteiger partial charge in [0.25, 0.3) is 5.91 Å². The minimum absolute atomic E-state index is 0.0231. The van der Waals surface area contributed by atoms with Gasteiger partial charge >= 0.3 is 0 Å². The van der Waals surface area contributed by atoms with Gasteiger partial charge in [0.1, 0.15) is 5.82 Å². The smallest absolute Gasteiger partial charge is 0.251 e. The minimum atomic E-state index is -0.234. The molecule has 0 aliphatic heterocycles. The molecule has 1 aromatic rings. The topological polar surface area (TPSA) is 94.9 Å². The summed E-state index contributed by atoms with van der Waals surface area (Å²) in [6, 6.07) is 3.01. The molecule has 0 fully saturated rings. The first kappa shape index (κ1) is 17.8. The number of hydrogen-bond donors (Lipinski definition) is 3. The summed E-state index contributed by atoms with van der Waals surface area (Å²) in [7, 11) is 0. The predicted octanol–water partition coefficient (Wildman–Crippen LogP) is 2.78. The molecule has 0 aromatic carbocycles.